The largest absolute Gasteiger partial charge is 0.475 e. The number of nitrogens with zero attached hydrogens (tertiary/aromatic N) is 5. The molecule has 4 rings (SSSR count). The van der Waals surface area contributed by atoms with E-state index >= 15 is 4.39 Å². The van der Waals surface area contributed by atoms with Crippen LogP contribution in [0.25, 0.3) is 0 Å². The molecular weight excluding hydrogens is 453 g/mol. The van der Waals surface area contributed by atoms with Crippen LogP contribution in [0.3, 0.4) is 0 Å². The zero-order chi connectivity index (χ0) is 23.8. The number of nitrogens with one attached hydrogen (secondary N) is 2. The van der Waals surface area contributed by atoms with Gasteiger partial charge in [0.05, 0.1) is 31.1 Å². The second kappa shape index (κ2) is 9.20. The van der Waals surface area contributed by atoms with Gasteiger partial charge in [-0.05, 0) is 40.5 Å². The number of fused-ring (bicyclic) bond motifs is 3. The summed E-state index contributed by atoms with van der Waals surface area (Å²) >= 11 is 6.17. The molecule has 2 unspecified atom stereocenters. The fourth-order valence-corrected chi connectivity index (χ4v) is 3.99. The van der Waals surface area contributed by atoms with Crippen molar-refractivity contribution in [1.29, 1.82) is 0 Å². The Hall–Kier alpha value is -2.82. The van der Waals surface area contributed by atoms with Crippen LogP contribution >= 0.6 is 11.6 Å². The highest BCUT2D eigenvalue weighted by atomic mass is 35.5. The van der Waals surface area contributed by atoms with E-state index in [1.54, 1.807) is 25.5 Å². The minimum Gasteiger partial charge on any atom is -0.475 e. The van der Waals surface area contributed by atoms with Gasteiger partial charge in [0.1, 0.15) is 22.5 Å². The SMILES string of the molecule is Cc1c2c(nn1C1CCN(C(=O)OC(C)(C)C)CC1F)OCCCNc1nc(ncc1Cl)N2. The topological polar surface area (TPSA) is 106 Å². The van der Waals surface area contributed by atoms with Crippen molar-refractivity contribution in [3.05, 3.63) is 16.9 Å². The molecule has 4 heterocycles. The molecule has 1 amide bonds. The van der Waals surface area contributed by atoms with Crippen molar-refractivity contribution >= 4 is 35.1 Å². The molecule has 2 atom stereocenters. The molecule has 180 valence electrons. The Labute approximate surface area is 196 Å². The molecule has 0 aromatic carbocycles. The van der Waals surface area contributed by atoms with E-state index in [-0.39, 0.29) is 6.54 Å². The van der Waals surface area contributed by atoms with Gasteiger partial charge in [0.2, 0.25) is 5.95 Å². The highest BCUT2D eigenvalue weighted by molar-refractivity contribution is 6.32. The molecule has 2 N–H and O–H groups in total. The van der Waals surface area contributed by atoms with Crippen LogP contribution in [0.4, 0.5) is 26.6 Å². The van der Waals surface area contributed by atoms with Gasteiger partial charge >= 0.3 is 6.09 Å². The van der Waals surface area contributed by atoms with Gasteiger partial charge in [0.15, 0.2) is 5.82 Å². The van der Waals surface area contributed by atoms with Crippen molar-refractivity contribution in [3.63, 3.8) is 0 Å². The molecule has 2 aliphatic heterocycles. The Bertz CT molecular complexity index is 1030. The second-order valence-electron chi connectivity index (χ2n) is 9.15. The van der Waals surface area contributed by atoms with Crippen LogP contribution in [0.1, 0.15) is 45.3 Å². The number of hydrogen-bond acceptors (Lipinski definition) is 8. The van der Waals surface area contributed by atoms with E-state index in [4.69, 9.17) is 21.1 Å². The van der Waals surface area contributed by atoms with E-state index in [0.717, 1.165) is 0 Å². The maximum atomic E-state index is 15.3. The number of aromatic nitrogens is 4. The standard InChI is InChI=1S/C21H29ClFN7O3/c1-12-16-18(32-9-5-7-24-17-13(22)10-25-19(26-16)27-17)28-30(12)15-6-8-29(11-14(15)23)20(31)33-21(2,3)4/h10,14-15H,5-9,11H2,1-4H3,(H2,24,25,26,27). The minimum atomic E-state index is -1.31. The summed E-state index contributed by atoms with van der Waals surface area (Å²) in [5.74, 6) is 1.21. The summed E-state index contributed by atoms with van der Waals surface area (Å²) in [6.45, 7) is 8.53. The summed E-state index contributed by atoms with van der Waals surface area (Å²) in [4.78, 5) is 22.4. The lowest BCUT2D eigenvalue weighted by molar-refractivity contribution is 0.00550. The third-order valence-electron chi connectivity index (χ3n) is 5.42. The summed E-state index contributed by atoms with van der Waals surface area (Å²) in [6, 6.07) is -0.544. The maximum Gasteiger partial charge on any atom is 0.410 e. The van der Waals surface area contributed by atoms with E-state index in [0.29, 0.717) is 66.6 Å². The first-order chi connectivity index (χ1) is 15.6. The van der Waals surface area contributed by atoms with Gasteiger partial charge < -0.3 is 25.0 Å². The van der Waals surface area contributed by atoms with E-state index in [9.17, 15) is 4.79 Å². The number of rotatable bonds is 1. The van der Waals surface area contributed by atoms with Gasteiger partial charge in [0, 0.05) is 13.1 Å². The number of alkyl halides is 1. The fraction of sp³-hybridized carbons (Fsp3) is 0.619. The van der Waals surface area contributed by atoms with E-state index in [2.05, 4.69) is 25.7 Å². The Morgan fingerprint density at radius 1 is 1.39 bits per heavy atom. The lowest BCUT2D eigenvalue weighted by Crippen LogP contribution is -2.47. The number of carbonyl (C=O) groups excluding carboxylic acids is 1. The molecular formula is C21H29ClFN7O3. The number of ether oxygens (including phenoxy) is 2. The maximum absolute atomic E-state index is 15.3. The number of likely N-dealkylation sites (tertiary alicyclic amines) is 1. The number of anilines is 3. The third-order valence-corrected chi connectivity index (χ3v) is 5.70. The Balaban J connectivity index is 1.57. The van der Waals surface area contributed by atoms with Gasteiger partial charge in [-0.1, -0.05) is 11.6 Å². The second-order valence-corrected chi connectivity index (χ2v) is 9.56. The molecule has 12 heteroatoms. The monoisotopic (exact) mass is 481 g/mol. The molecule has 2 aliphatic rings. The Morgan fingerprint density at radius 3 is 2.91 bits per heavy atom. The van der Waals surface area contributed by atoms with Crippen LogP contribution in [-0.2, 0) is 4.74 Å². The number of amides is 1. The average molecular weight is 482 g/mol. The smallest absolute Gasteiger partial charge is 0.410 e. The zero-order valence-electron chi connectivity index (χ0n) is 19.2. The predicted octanol–water partition coefficient (Wildman–Crippen LogP) is 4.09. The van der Waals surface area contributed by atoms with Crippen molar-refractivity contribution in [2.45, 2.75) is 58.4 Å². The summed E-state index contributed by atoms with van der Waals surface area (Å²) in [7, 11) is 0. The lowest BCUT2D eigenvalue weighted by atomic mass is 10.0. The van der Waals surface area contributed by atoms with E-state index in [1.165, 1.54) is 11.1 Å². The summed E-state index contributed by atoms with van der Waals surface area (Å²) in [5.41, 5.74) is 0.634. The molecule has 1 saturated heterocycles. The van der Waals surface area contributed by atoms with Crippen molar-refractivity contribution in [2.75, 3.05) is 36.9 Å². The first-order valence-electron chi connectivity index (χ1n) is 11.0. The van der Waals surface area contributed by atoms with Crippen LogP contribution in [0.15, 0.2) is 6.20 Å². The molecule has 0 spiro atoms. The average Bonchev–Trinajstić information content (AvgIpc) is 3.02. The van der Waals surface area contributed by atoms with Crippen molar-refractivity contribution in [2.24, 2.45) is 0 Å². The van der Waals surface area contributed by atoms with Gasteiger partial charge in [-0.15, -0.1) is 5.10 Å². The summed E-state index contributed by atoms with van der Waals surface area (Å²) < 4.78 is 28.2. The van der Waals surface area contributed by atoms with Crippen LogP contribution < -0.4 is 15.4 Å². The fourth-order valence-electron chi connectivity index (χ4n) is 3.83. The van der Waals surface area contributed by atoms with Crippen molar-refractivity contribution < 1.29 is 18.7 Å². The van der Waals surface area contributed by atoms with E-state index in [1.807, 2.05) is 6.92 Å². The molecule has 0 saturated carbocycles. The van der Waals surface area contributed by atoms with E-state index < -0.39 is 23.9 Å². The molecule has 0 radical (unpaired) electrons. The minimum absolute atomic E-state index is 0.0623. The normalized spacial score (nSPS) is 21.1. The van der Waals surface area contributed by atoms with Crippen molar-refractivity contribution in [3.8, 4) is 5.88 Å². The molecule has 10 nitrogen and oxygen atoms in total. The molecule has 0 aliphatic carbocycles. The van der Waals surface area contributed by atoms with Gasteiger partial charge in [-0.3, -0.25) is 4.68 Å². The van der Waals surface area contributed by atoms with Gasteiger partial charge in [0.25, 0.3) is 5.88 Å². The molecule has 2 aromatic rings. The first-order valence-corrected chi connectivity index (χ1v) is 11.4. The molecule has 2 bridgehead atoms. The Kier molecular flexibility index (Phi) is 6.51. The van der Waals surface area contributed by atoms with Gasteiger partial charge in [-0.25, -0.2) is 14.2 Å². The molecule has 1 fully saturated rings. The number of hydrogen-bond donors (Lipinski definition) is 2. The lowest BCUT2D eigenvalue weighted by Gasteiger charge is -2.36. The molecule has 33 heavy (non-hydrogen) atoms. The number of piperidine rings is 1. The molecule has 2 aromatic heterocycles. The van der Waals surface area contributed by atoms with Crippen LogP contribution in [0.2, 0.25) is 5.02 Å². The predicted molar refractivity (Wildman–Crippen MR) is 122 cm³/mol. The number of halogens is 2. The quantitative estimate of drug-likeness (QED) is 0.627. The summed E-state index contributed by atoms with van der Waals surface area (Å²) in [6.07, 6.45) is 0.786. The highest BCUT2D eigenvalue weighted by Crippen LogP contribution is 2.36. The first kappa shape index (κ1) is 23.3. The third kappa shape index (κ3) is 5.23. The highest BCUT2D eigenvalue weighted by Gasteiger charge is 2.37. The zero-order valence-corrected chi connectivity index (χ0v) is 19.9. The van der Waals surface area contributed by atoms with Crippen LogP contribution in [-0.4, -0.2) is 68.8 Å². The van der Waals surface area contributed by atoms with Crippen molar-refractivity contribution in [1.82, 2.24) is 24.6 Å². The van der Waals surface area contributed by atoms with Crippen LogP contribution in [0, 0.1) is 6.92 Å². The number of carbonyl (C=O) groups is 1. The summed E-state index contributed by atoms with van der Waals surface area (Å²) in [5, 5.41) is 11.3. The Morgan fingerprint density at radius 2 is 2.18 bits per heavy atom. The van der Waals surface area contributed by atoms with Gasteiger partial charge in [-0.2, -0.15) is 4.98 Å². The van der Waals surface area contributed by atoms with Crippen LogP contribution in [0.5, 0.6) is 5.88 Å².